The maximum Gasteiger partial charge on any atom is 0.321 e. The average molecular weight is 296 g/mol. The number of rotatable bonds is 8. The molecule has 0 fully saturated rings. The first kappa shape index (κ1) is 16.9. The summed E-state index contributed by atoms with van der Waals surface area (Å²) in [4.78, 5) is 23.7. The molecule has 4 N–H and O–H groups in total. The summed E-state index contributed by atoms with van der Waals surface area (Å²) in [5.74, 6) is -0.851. The summed E-state index contributed by atoms with van der Waals surface area (Å²) in [5, 5.41) is 29.0. The van der Waals surface area contributed by atoms with E-state index in [1.807, 2.05) is 0 Å². The Labute approximate surface area is 122 Å². The highest BCUT2D eigenvalue weighted by atomic mass is 16.4. The van der Waals surface area contributed by atoms with Crippen molar-refractivity contribution in [2.45, 2.75) is 12.8 Å². The van der Waals surface area contributed by atoms with Crippen LogP contribution in [0, 0.1) is 0 Å². The molecule has 0 spiro atoms. The number of aryl methyl sites for hydroxylation is 1. The quantitative estimate of drug-likeness (QED) is 0.559. The van der Waals surface area contributed by atoms with Crippen LogP contribution in [0.3, 0.4) is 0 Å². The molecule has 21 heavy (non-hydrogen) atoms. The van der Waals surface area contributed by atoms with E-state index in [1.165, 1.54) is 4.90 Å². The van der Waals surface area contributed by atoms with Crippen LogP contribution in [-0.4, -0.2) is 58.5 Å². The van der Waals surface area contributed by atoms with Gasteiger partial charge in [-0.25, -0.2) is 4.79 Å². The number of aliphatic hydroxyl groups is 2. The third kappa shape index (κ3) is 6.24. The lowest BCUT2D eigenvalue weighted by atomic mass is 10.1. The van der Waals surface area contributed by atoms with Crippen LogP contribution in [0.4, 0.5) is 10.5 Å². The Morgan fingerprint density at radius 1 is 1.05 bits per heavy atom. The third-order valence-electron chi connectivity index (χ3n) is 2.86. The van der Waals surface area contributed by atoms with Crippen molar-refractivity contribution in [3.63, 3.8) is 0 Å². The lowest BCUT2D eigenvalue weighted by Gasteiger charge is -2.21. The van der Waals surface area contributed by atoms with Gasteiger partial charge in [0.15, 0.2) is 0 Å². The van der Waals surface area contributed by atoms with E-state index in [0.717, 1.165) is 5.56 Å². The Morgan fingerprint density at radius 2 is 1.62 bits per heavy atom. The van der Waals surface area contributed by atoms with Gasteiger partial charge in [0.1, 0.15) is 0 Å². The number of carboxylic acids is 1. The first-order valence-corrected chi connectivity index (χ1v) is 6.65. The second-order valence-corrected chi connectivity index (χ2v) is 4.46. The molecule has 0 radical (unpaired) electrons. The Morgan fingerprint density at radius 3 is 2.10 bits per heavy atom. The second-order valence-electron chi connectivity index (χ2n) is 4.46. The molecule has 0 saturated heterocycles. The number of hydrogen-bond donors (Lipinski definition) is 4. The van der Waals surface area contributed by atoms with Crippen molar-refractivity contribution in [1.82, 2.24) is 4.90 Å². The predicted molar refractivity (Wildman–Crippen MR) is 77.2 cm³/mol. The van der Waals surface area contributed by atoms with Crippen LogP contribution in [-0.2, 0) is 11.2 Å². The van der Waals surface area contributed by atoms with Crippen LogP contribution in [0.15, 0.2) is 24.3 Å². The molecule has 1 rings (SSSR count). The molecule has 0 bridgehead atoms. The second kappa shape index (κ2) is 8.93. The van der Waals surface area contributed by atoms with Crippen molar-refractivity contribution in [3.8, 4) is 0 Å². The predicted octanol–water partition coefficient (Wildman–Crippen LogP) is 0.522. The average Bonchev–Trinajstić information content (AvgIpc) is 2.46. The van der Waals surface area contributed by atoms with E-state index >= 15 is 0 Å². The normalized spacial score (nSPS) is 10.2. The summed E-state index contributed by atoms with van der Waals surface area (Å²) in [6, 6.07) is 6.47. The van der Waals surface area contributed by atoms with E-state index in [-0.39, 0.29) is 32.7 Å². The van der Waals surface area contributed by atoms with Crippen LogP contribution >= 0.6 is 0 Å². The number of amides is 2. The van der Waals surface area contributed by atoms with Crippen LogP contribution < -0.4 is 5.32 Å². The minimum Gasteiger partial charge on any atom is -0.481 e. The largest absolute Gasteiger partial charge is 0.481 e. The van der Waals surface area contributed by atoms with Crippen molar-refractivity contribution >= 4 is 17.7 Å². The highest BCUT2D eigenvalue weighted by molar-refractivity contribution is 5.89. The van der Waals surface area contributed by atoms with Crippen molar-refractivity contribution in [2.24, 2.45) is 0 Å². The van der Waals surface area contributed by atoms with Crippen molar-refractivity contribution in [3.05, 3.63) is 29.8 Å². The third-order valence-corrected chi connectivity index (χ3v) is 2.86. The molecule has 2 amide bonds. The molecule has 0 aliphatic rings. The molecular formula is C14H20N2O5. The van der Waals surface area contributed by atoms with E-state index < -0.39 is 12.0 Å². The van der Waals surface area contributed by atoms with Gasteiger partial charge < -0.3 is 25.5 Å². The number of aliphatic hydroxyl groups excluding tert-OH is 2. The number of benzene rings is 1. The van der Waals surface area contributed by atoms with Gasteiger partial charge in [0.25, 0.3) is 0 Å². The summed E-state index contributed by atoms with van der Waals surface area (Å²) < 4.78 is 0. The minimum absolute atomic E-state index is 0.0620. The van der Waals surface area contributed by atoms with Crippen LogP contribution in [0.2, 0.25) is 0 Å². The van der Waals surface area contributed by atoms with Crippen molar-refractivity contribution in [1.29, 1.82) is 0 Å². The molecular weight excluding hydrogens is 276 g/mol. The van der Waals surface area contributed by atoms with Gasteiger partial charge in [0.2, 0.25) is 0 Å². The topological polar surface area (TPSA) is 110 Å². The van der Waals surface area contributed by atoms with Gasteiger partial charge in [-0.05, 0) is 24.1 Å². The van der Waals surface area contributed by atoms with E-state index in [4.69, 9.17) is 15.3 Å². The molecule has 7 heteroatoms. The molecule has 0 saturated carbocycles. The molecule has 0 atom stereocenters. The van der Waals surface area contributed by atoms with Crippen LogP contribution in [0.25, 0.3) is 0 Å². The minimum atomic E-state index is -0.851. The molecule has 7 nitrogen and oxygen atoms in total. The fourth-order valence-corrected chi connectivity index (χ4v) is 1.76. The summed E-state index contributed by atoms with van der Waals surface area (Å²) in [6.07, 6.45) is 0.497. The monoisotopic (exact) mass is 296 g/mol. The van der Waals surface area contributed by atoms with Gasteiger partial charge in [-0.2, -0.15) is 0 Å². The number of carbonyl (C=O) groups is 2. The van der Waals surface area contributed by atoms with Gasteiger partial charge in [-0.1, -0.05) is 12.1 Å². The van der Waals surface area contributed by atoms with E-state index in [1.54, 1.807) is 24.3 Å². The summed E-state index contributed by atoms with van der Waals surface area (Å²) in [7, 11) is 0. The van der Waals surface area contributed by atoms with Gasteiger partial charge in [0.05, 0.1) is 13.2 Å². The highest BCUT2D eigenvalue weighted by Crippen LogP contribution is 2.12. The van der Waals surface area contributed by atoms with E-state index in [0.29, 0.717) is 12.1 Å². The van der Waals surface area contributed by atoms with Gasteiger partial charge >= 0.3 is 12.0 Å². The lowest BCUT2D eigenvalue weighted by Crippen LogP contribution is -2.38. The smallest absolute Gasteiger partial charge is 0.321 e. The Balaban J connectivity index is 2.57. The standard InChI is InChI=1S/C14H20N2O5/c17-9-7-16(8-10-18)14(21)15-12-4-1-11(2-5-12)3-6-13(19)20/h1-2,4-5,17-18H,3,6-10H2,(H,15,21)(H,19,20). The molecule has 0 aromatic heterocycles. The zero-order valence-electron chi connectivity index (χ0n) is 11.7. The molecule has 0 heterocycles. The van der Waals surface area contributed by atoms with Crippen LogP contribution in [0.1, 0.15) is 12.0 Å². The molecule has 1 aromatic rings. The fraction of sp³-hybridized carbons (Fsp3) is 0.429. The number of nitrogens with one attached hydrogen (secondary N) is 1. The number of carbonyl (C=O) groups excluding carboxylic acids is 1. The molecule has 1 aromatic carbocycles. The van der Waals surface area contributed by atoms with Gasteiger partial charge in [0, 0.05) is 25.2 Å². The number of hydrogen-bond acceptors (Lipinski definition) is 4. The first-order valence-electron chi connectivity index (χ1n) is 6.65. The molecule has 0 aliphatic heterocycles. The maximum atomic E-state index is 11.9. The number of carboxylic acid groups (broad SMARTS) is 1. The maximum absolute atomic E-state index is 11.9. The number of urea groups is 1. The Kier molecular flexibility index (Phi) is 7.20. The first-order chi connectivity index (χ1) is 10.1. The molecule has 0 aliphatic carbocycles. The summed E-state index contributed by atoms with van der Waals surface area (Å²) in [5.41, 5.74) is 1.44. The van der Waals surface area contributed by atoms with Crippen LogP contribution in [0.5, 0.6) is 0 Å². The van der Waals surface area contributed by atoms with Crippen molar-refractivity contribution < 1.29 is 24.9 Å². The van der Waals surface area contributed by atoms with E-state index in [2.05, 4.69) is 5.32 Å². The van der Waals surface area contributed by atoms with Crippen molar-refractivity contribution in [2.75, 3.05) is 31.6 Å². The van der Waals surface area contributed by atoms with E-state index in [9.17, 15) is 9.59 Å². The highest BCUT2D eigenvalue weighted by Gasteiger charge is 2.12. The Bertz CT molecular complexity index is 455. The SMILES string of the molecule is O=C(O)CCc1ccc(NC(=O)N(CCO)CCO)cc1. The number of nitrogens with zero attached hydrogens (tertiary/aromatic N) is 1. The zero-order chi connectivity index (χ0) is 15.7. The fourth-order valence-electron chi connectivity index (χ4n) is 1.76. The molecule has 116 valence electrons. The zero-order valence-corrected chi connectivity index (χ0v) is 11.7. The van der Waals surface area contributed by atoms with Gasteiger partial charge in [-0.3, -0.25) is 4.79 Å². The summed E-state index contributed by atoms with van der Waals surface area (Å²) >= 11 is 0. The number of aliphatic carboxylic acids is 1. The summed E-state index contributed by atoms with van der Waals surface area (Å²) in [6.45, 7) is -0.0741. The lowest BCUT2D eigenvalue weighted by molar-refractivity contribution is -0.136. The number of anilines is 1. The Hall–Kier alpha value is -2.12. The molecule has 0 unspecified atom stereocenters. The van der Waals surface area contributed by atoms with Gasteiger partial charge in [-0.15, -0.1) is 0 Å².